The molecule has 0 aromatic carbocycles. The van der Waals surface area contributed by atoms with Gasteiger partial charge in [-0.2, -0.15) is 0 Å². The molecule has 0 spiro atoms. The summed E-state index contributed by atoms with van der Waals surface area (Å²) >= 11 is -12.7. The number of ether oxygens (including phenoxy) is 8. The van der Waals surface area contributed by atoms with E-state index >= 15 is 0 Å². The van der Waals surface area contributed by atoms with Gasteiger partial charge in [0.2, 0.25) is 0 Å². The first-order valence-corrected chi connectivity index (χ1v) is 33.9. The Morgan fingerprint density at radius 1 is 0.300 bits per heavy atom. The first kappa shape index (κ1) is 63.1. The Morgan fingerprint density at radius 3 is 0.420 bits per heavy atom. The number of cyclic esters (lactones) is 8. The molecule has 50 heavy (non-hydrogen) atoms. The monoisotopic (exact) mass is 1480 g/mol. The Kier molecular flexibility index (Phi) is 68.8. The van der Waals surface area contributed by atoms with E-state index in [1.165, 1.54) is 0 Å². The van der Waals surface area contributed by atoms with Crippen LogP contribution in [0.15, 0.2) is 0 Å². The number of esters is 8. The molecule has 1 heterocycles. The van der Waals surface area contributed by atoms with Crippen LogP contribution in [0, 0.1) is 0 Å². The quantitative estimate of drug-likeness (QED) is 0.104. The molecular formula is C16H16Cl4F8O16Sn6. The van der Waals surface area contributed by atoms with E-state index in [4.69, 9.17) is 35.7 Å². The predicted molar refractivity (Wildman–Crippen MR) is 154 cm³/mol. The minimum atomic E-state index is -2.77. The molecular weight excluding hydrogens is 1450 g/mol. The third kappa shape index (κ3) is 55.9. The van der Waals surface area contributed by atoms with E-state index in [0.717, 1.165) is 0 Å². The second kappa shape index (κ2) is 54.5. The van der Waals surface area contributed by atoms with Crippen LogP contribution in [0.25, 0.3) is 0 Å². The van der Waals surface area contributed by atoms with Gasteiger partial charge in [0, 0.05) is 0 Å². The van der Waals surface area contributed by atoms with Gasteiger partial charge in [-0.3, -0.25) is 0 Å². The van der Waals surface area contributed by atoms with Gasteiger partial charge in [-0.05, 0) is 0 Å². The molecule has 1 rings (SSSR count). The van der Waals surface area contributed by atoms with Gasteiger partial charge in [-0.1, -0.05) is 0 Å². The van der Waals surface area contributed by atoms with Crippen LogP contribution in [0.3, 0.4) is 0 Å². The summed E-state index contributed by atoms with van der Waals surface area (Å²) in [6.45, 7) is -4.94. The van der Waals surface area contributed by atoms with Crippen molar-refractivity contribution in [2.45, 2.75) is 0 Å². The van der Waals surface area contributed by atoms with Crippen molar-refractivity contribution in [3.05, 3.63) is 0 Å². The molecule has 34 heteroatoms. The van der Waals surface area contributed by atoms with Crippen LogP contribution in [-0.4, -0.2) is 228 Å². The first-order valence-electron chi connectivity index (χ1n) is 10.8. The molecule has 0 N–H and O–H groups in total. The van der Waals surface area contributed by atoms with Gasteiger partial charge in [0.1, 0.15) is 52.9 Å². The number of halogens is 12. The molecule has 0 aliphatic carbocycles. The number of hydrogen-bond donors (Lipinski definition) is 0. The number of carbonyl (C=O) groups is 8. The van der Waals surface area contributed by atoms with E-state index in [0.29, 0.717) is 0 Å². The van der Waals surface area contributed by atoms with E-state index in [1.54, 1.807) is 0 Å². The molecule has 0 atom stereocenters. The molecule has 0 amide bonds. The standard InChI is InChI=1S/C16H16O16.4ClH.8FH.6Sn/c17-9-10(18)27-3-4-29-13(21)14(22)31-7-8-32-16(24)15(23)30-6-5-28-12(20)11(19)26-2-1-25-9;;;;;;;;;;;;;;;;;;/h1-8H2;12*1H;;;;;;/q;;;;;;;;;;;;;6*+2/p-12. The predicted octanol–water partition coefficient (Wildman–Crippen LogP) is 0.180. The second-order valence-electron chi connectivity index (χ2n) is 5.52. The Balaban J connectivity index is -0.000000224. The number of rotatable bonds is 0. The minimum absolute atomic E-state index is 0.618. The second-order valence-corrected chi connectivity index (χ2v) is 15.6. The van der Waals surface area contributed by atoms with Gasteiger partial charge in [0.05, 0.1) is 0 Å². The van der Waals surface area contributed by atoms with Crippen molar-refractivity contribution in [1.29, 1.82) is 0 Å². The summed E-state index contributed by atoms with van der Waals surface area (Å²) in [6, 6.07) is 0. The molecule has 1 aliphatic heterocycles. The zero-order chi connectivity index (χ0) is 40.2. The van der Waals surface area contributed by atoms with Gasteiger partial charge in [-0.25, -0.2) is 38.4 Å². The molecule has 1 saturated heterocycles. The third-order valence-electron chi connectivity index (χ3n) is 2.87. The SMILES string of the molecule is O=C1OCCOC(=O)C(=O)OCCOC(=O)C(=O)OCCOC(=O)C(=O)OCCOC1=O.[Cl][Sn][Cl].[Cl][Sn][Cl].[F][Sn][F].[F][Sn][F].[F][Sn][F].[F][Sn][F]. The van der Waals surface area contributed by atoms with Crippen LogP contribution < -0.4 is 0 Å². The van der Waals surface area contributed by atoms with Crippen LogP contribution in [0.5, 0.6) is 0 Å². The summed E-state index contributed by atoms with van der Waals surface area (Å²) < 4.78 is 114. The van der Waals surface area contributed by atoms with Crippen molar-refractivity contribution in [1.82, 2.24) is 0 Å². The maximum absolute atomic E-state index is 11.3. The van der Waals surface area contributed by atoms with Gasteiger partial charge in [0.25, 0.3) is 0 Å². The van der Waals surface area contributed by atoms with Crippen LogP contribution in [-0.2, 0) is 76.3 Å². The van der Waals surface area contributed by atoms with E-state index in [9.17, 15) is 61.3 Å². The zero-order valence-electron chi connectivity index (χ0n) is 23.7. The van der Waals surface area contributed by atoms with Crippen molar-refractivity contribution in [2.75, 3.05) is 52.9 Å². The summed E-state index contributed by atoms with van der Waals surface area (Å²) in [6.07, 6.45) is 0. The van der Waals surface area contributed by atoms with Crippen LogP contribution in [0.1, 0.15) is 0 Å². The van der Waals surface area contributed by atoms with E-state index in [-0.39, 0.29) is 0 Å². The average Bonchev–Trinajstić information content (AvgIpc) is 3.06. The summed E-state index contributed by atoms with van der Waals surface area (Å²) in [5.41, 5.74) is 0. The zero-order valence-corrected chi connectivity index (χ0v) is 43.9. The Hall–Kier alpha value is 1.15. The van der Waals surface area contributed by atoms with Gasteiger partial charge in [0.15, 0.2) is 0 Å². The van der Waals surface area contributed by atoms with Crippen molar-refractivity contribution >= 4 is 210 Å². The first-order chi connectivity index (χ1) is 23.7. The van der Waals surface area contributed by atoms with E-state index in [2.05, 4.69) is 37.9 Å². The van der Waals surface area contributed by atoms with Gasteiger partial charge >= 0.3 is 233 Å². The van der Waals surface area contributed by atoms with Gasteiger partial charge in [-0.15, -0.1) is 0 Å². The molecule has 0 saturated carbocycles. The molecule has 284 valence electrons. The molecule has 0 aromatic rings. The summed E-state index contributed by atoms with van der Waals surface area (Å²) in [5, 5.41) is 0. The van der Waals surface area contributed by atoms with E-state index < -0.39 is 228 Å². The fraction of sp³-hybridized carbons (Fsp3) is 0.500. The topological polar surface area (TPSA) is 210 Å². The molecule has 0 aromatic heterocycles. The van der Waals surface area contributed by atoms with Gasteiger partial charge < -0.3 is 37.9 Å². The number of carbonyl (C=O) groups excluding carboxylic acids is 8. The van der Waals surface area contributed by atoms with Crippen molar-refractivity contribution in [2.24, 2.45) is 0 Å². The van der Waals surface area contributed by atoms with E-state index in [1.807, 2.05) is 0 Å². The molecule has 12 radical (unpaired) electrons. The summed E-state index contributed by atoms with van der Waals surface area (Å²) in [4.78, 5) is 90.8. The molecule has 1 aliphatic rings. The number of hydrogen-bond acceptors (Lipinski definition) is 16. The Morgan fingerprint density at radius 2 is 0.360 bits per heavy atom. The molecule has 0 bridgehead atoms. The fourth-order valence-corrected chi connectivity index (χ4v) is 1.55. The summed E-state index contributed by atoms with van der Waals surface area (Å²) in [5.74, 6) is -11.8. The molecule has 16 nitrogen and oxygen atoms in total. The molecule has 0 unspecified atom stereocenters. The van der Waals surface area contributed by atoms with Crippen molar-refractivity contribution < 1.29 is 99.2 Å². The normalized spacial score (nSPS) is 14.6. The Bertz CT molecular complexity index is 725. The van der Waals surface area contributed by atoms with Crippen molar-refractivity contribution in [3.8, 4) is 0 Å². The van der Waals surface area contributed by atoms with Crippen LogP contribution in [0.4, 0.5) is 22.9 Å². The Labute approximate surface area is 357 Å². The summed E-state index contributed by atoms with van der Waals surface area (Å²) in [7, 11) is 19.7. The third-order valence-corrected chi connectivity index (χ3v) is 2.87. The van der Waals surface area contributed by atoms with Crippen molar-refractivity contribution in [3.63, 3.8) is 0 Å². The molecule has 1 fully saturated rings. The van der Waals surface area contributed by atoms with Crippen LogP contribution >= 0.6 is 35.7 Å². The average molecular weight is 1470 g/mol. The van der Waals surface area contributed by atoms with Crippen LogP contribution in [0.2, 0.25) is 0 Å². The fourth-order valence-electron chi connectivity index (χ4n) is 1.55. The maximum atomic E-state index is 11.3.